The average molecular weight is 808 g/mol. The fourth-order valence-electron chi connectivity index (χ4n) is 9.73. The molecule has 1 saturated heterocycles. The van der Waals surface area contributed by atoms with Gasteiger partial charge in [0.2, 0.25) is 0 Å². The van der Waals surface area contributed by atoms with Gasteiger partial charge in [-0.15, -0.1) is 0 Å². The molecule has 11 unspecified atom stereocenters. The maximum absolute atomic E-state index is 14.1. The summed E-state index contributed by atoms with van der Waals surface area (Å²) in [7, 11) is 0. The van der Waals surface area contributed by atoms with Crippen molar-refractivity contribution in [2.75, 3.05) is 6.61 Å². The number of aliphatic hydroxyl groups excluding tert-OH is 3. The molecule has 1 heterocycles. The molecular weight excluding hydrogens is 754 g/mol. The van der Waals surface area contributed by atoms with Crippen molar-refractivity contribution < 1.29 is 68.1 Å². The molecule has 3 fully saturated rings. The maximum atomic E-state index is 14.1. The summed E-state index contributed by atoms with van der Waals surface area (Å²) in [6, 6.07) is 14.7. The quantitative estimate of drug-likeness (QED) is 0.106. The number of benzene rings is 2. The van der Waals surface area contributed by atoms with Crippen LogP contribution >= 0.6 is 0 Å². The zero-order chi connectivity index (χ0) is 42.6. The number of carbonyl (C=O) groups excluding carboxylic acids is 5. The van der Waals surface area contributed by atoms with E-state index in [1.54, 1.807) is 90.1 Å². The zero-order valence-electron chi connectivity index (χ0n) is 33.7. The largest absolute Gasteiger partial charge is 0.456 e. The summed E-state index contributed by atoms with van der Waals surface area (Å²) < 4.78 is 29.6. The van der Waals surface area contributed by atoms with E-state index in [-0.39, 0.29) is 29.7 Å². The van der Waals surface area contributed by atoms with E-state index in [0.29, 0.717) is 11.8 Å². The van der Waals surface area contributed by atoms with Crippen LogP contribution in [0.15, 0.2) is 71.8 Å². The first-order valence-corrected chi connectivity index (χ1v) is 19.4. The van der Waals surface area contributed by atoms with E-state index < -0.39 is 113 Å². The van der Waals surface area contributed by atoms with E-state index in [1.807, 2.05) is 0 Å². The number of aliphatic hydroxyl groups is 4. The van der Waals surface area contributed by atoms with Gasteiger partial charge in [0.15, 0.2) is 11.7 Å². The van der Waals surface area contributed by atoms with E-state index in [0.717, 1.165) is 6.92 Å². The van der Waals surface area contributed by atoms with Crippen molar-refractivity contribution in [1.29, 1.82) is 0 Å². The number of rotatable bonds is 9. The van der Waals surface area contributed by atoms with Gasteiger partial charge in [-0.1, -0.05) is 62.4 Å². The van der Waals surface area contributed by atoms with E-state index >= 15 is 0 Å². The van der Waals surface area contributed by atoms with Gasteiger partial charge in [0.1, 0.15) is 35.8 Å². The Labute approximate surface area is 336 Å². The number of ether oxygens (including phenoxy) is 5. The Kier molecular flexibility index (Phi) is 11.5. The third-order valence-corrected chi connectivity index (χ3v) is 12.5. The lowest BCUT2D eigenvalue weighted by Gasteiger charge is -2.67. The number of esters is 3. The van der Waals surface area contributed by atoms with Crippen molar-refractivity contribution in [3.8, 4) is 0 Å². The summed E-state index contributed by atoms with van der Waals surface area (Å²) in [6.07, 6.45) is -10.9. The number of hydrogen-bond donors (Lipinski definition) is 5. The van der Waals surface area contributed by atoms with Gasteiger partial charge in [0.25, 0.3) is 0 Å². The third kappa shape index (κ3) is 7.31. The molecule has 0 radical (unpaired) electrons. The van der Waals surface area contributed by atoms with Crippen LogP contribution < -0.4 is 5.32 Å². The van der Waals surface area contributed by atoms with Crippen molar-refractivity contribution in [3.63, 3.8) is 0 Å². The molecule has 3 aliphatic carbocycles. The van der Waals surface area contributed by atoms with Gasteiger partial charge in [0, 0.05) is 25.2 Å². The van der Waals surface area contributed by atoms with E-state index in [2.05, 4.69) is 5.32 Å². The summed E-state index contributed by atoms with van der Waals surface area (Å²) in [4.78, 5) is 67.6. The van der Waals surface area contributed by atoms with Gasteiger partial charge in [-0.25, -0.2) is 14.4 Å². The lowest BCUT2D eigenvalue weighted by molar-refractivity contribution is -0.348. The summed E-state index contributed by atoms with van der Waals surface area (Å²) in [5.41, 5.74) is -7.61. The lowest BCUT2D eigenvalue weighted by Crippen LogP contribution is -2.81. The first-order valence-electron chi connectivity index (χ1n) is 19.4. The fraction of sp³-hybridized carbons (Fsp3) is 0.558. The van der Waals surface area contributed by atoms with Crippen LogP contribution in [0.4, 0.5) is 4.79 Å². The van der Waals surface area contributed by atoms with Crippen molar-refractivity contribution in [3.05, 3.63) is 82.9 Å². The van der Waals surface area contributed by atoms with Crippen LogP contribution in [0, 0.1) is 16.7 Å². The molecule has 15 nitrogen and oxygen atoms in total. The summed E-state index contributed by atoms with van der Waals surface area (Å²) in [5, 5.41) is 51.6. The number of nitrogens with one attached hydrogen (secondary N) is 1. The highest BCUT2D eigenvalue weighted by atomic mass is 16.6. The topological polar surface area (TPSA) is 224 Å². The van der Waals surface area contributed by atoms with Gasteiger partial charge >= 0.3 is 24.0 Å². The number of carbonyl (C=O) groups is 5. The lowest BCUT2D eigenvalue weighted by atomic mass is 9.45. The van der Waals surface area contributed by atoms with Crippen LogP contribution in [0.5, 0.6) is 0 Å². The predicted octanol–water partition coefficient (Wildman–Crippen LogP) is 3.26. The molecule has 15 heteroatoms. The van der Waals surface area contributed by atoms with E-state index in [1.165, 1.54) is 12.1 Å². The monoisotopic (exact) mass is 807 g/mol. The van der Waals surface area contributed by atoms with Gasteiger partial charge in [-0.05, 0) is 63.0 Å². The average Bonchev–Trinajstić information content (AvgIpc) is 3.14. The molecular formula is C43H53NO14. The highest BCUT2D eigenvalue weighted by Gasteiger charge is 2.77. The predicted molar refractivity (Wildman–Crippen MR) is 204 cm³/mol. The summed E-state index contributed by atoms with van der Waals surface area (Å²) >= 11 is 0. The molecule has 6 rings (SSSR count). The van der Waals surface area contributed by atoms with E-state index in [9.17, 15) is 44.4 Å². The molecule has 2 aromatic rings. The summed E-state index contributed by atoms with van der Waals surface area (Å²) in [6.45, 7) is 10.6. The second kappa shape index (κ2) is 15.5. The number of amides is 1. The molecule has 1 amide bonds. The van der Waals surface area contributed by atoms with Crippen molar-refractivity contribution in [2.45, 2.75) is 127 Å². The second-order valence-electron chi connectivity index (χ2n) is 17.5. The first kappa shape index (κ1) is 42.9. The van der Waals surface area contributed by atoms with Gasteiger partial charge in [-0.3, -0.25) is 4.79 Å². The number of hydrogen-bond acceptors (Lipinski definition) is 14. The number of aldehydes is 1. The Morgan fingerprint density at radius 2 is 1.59 bits per heavy atom. The first-order chi connectivity index (χ1) is 27.1. The molecule has 5 N–H and O–H groups in total. The molecule has 0 aromatic heterocycles. The van der Waals surface area contributed by atoms with Gasteiger partial charge < -0.3 is 54.2 Å². The number of alkyl carbamates (subject to hydrolysis) is 1. The minimum atomic E-state index is -2.35. The molecule has 2 aromatic carbocycles. The molecule has 4 aliphatic rings. The standard InChI is InChI=1S/C43H53NO14/c1-23-28(55-37(51)33(49)32(25-14-10-8-11-15-25)44-38(52)58-39(3,4)5)20-43(53)35(56-36(50)26-16-12-9-13-17-26)34-41(21-45,19-27(47)31(23)40(43,6)7)29(48)18-30-42(34,22-54-30)57-24(2)46/h8-17,21,27-30,32-35,47-49,53H,18-20,22H2,1-7H3,(H,44,52). The highest BCUT2D eigenvalue weighted by Crippen LogP contribution is 2.64. The van der Waals surface area contributed by atoms with Crippen LogP contribution in [0.25, 0.3) is 0 Å². The Hall–Kier alpha value is -4.67. The Bertz CT molecular complexity index is 1940. The maximum Gasteiger partial charge on any atom is 0.408 e. The van der Waals surface area contributed by atoms with Gasteiger partial charge in [-0.2, -0.15) is 0 Å². The van der Waals surface area contributed by atoms with Crippen molar-refractivity contribution in [2.24, 2.45) is 16.7 Å². The highest BCUT2D eigenvalue weighted by molar-refractivity contribution is 5.89. The Morgan fingerprint density at radius 1 is 0.966 bits per heavy atom. The smallest absolute Gasteiger partial charge is 0.408 e. The molecule has 1 aliphatic heterocycles. The zero-order valence-corrected chi connectivity index (χ0v) is 33.7. The molecule has 2 bridgehead atoms. The normalized spacial score (nSPS) is 33.6. The molecule has 11 atom stereocenters. The third-order valence-electron chi connectivity index (χ3n) is 12.5. The fourth-order valence-corrected chi connectivity index (χ4v) is 9.73. The SMILES string of the molecule is CC(=O)OC12COC1CC(O)C1(C=O)CC(O)C3=C(C)C(OC(=O)C(O)C(NC(=O)OC(C)(C)C)c4ccccc4)CC(O)(C(OC(=O)c4ccccc4)C12)C3(C)C. The minimum absolute atomic E-state index is 0.0836. The molecule has 0 spiro atoms. The van der Waals surface area contributed by atoms with Crippen LogP contribution in [0.1, 0.15) is 89.7 Å². The summed E-state index contributed by atoms with van der Waals surface area (Å²) in [5.74, 6) is -4.39. The molecule has 314 valence electrons. The van der Waals surface area contributed by atoms with Gasteiger partial charge in [0.05, 0.1) is 41.8 Å². The van der Waals surface area contributed by atoms with Crippen molar-refractivity contribution in [1.82, 2.24) is 5.32 Å². The second-order valence-corrected chi connectivity index (χ2v) is 17.5. The number of fused-ring (bicyclic) bond motifs is 5. The van der Waals surface area contributed by atoms with Crippen molar-refractivity contribution >= 4 is 30.3 Å². The van der Waals surface area contributed by atoms with E-state index in [4.69, 9.17) is 23.7 Å². The van der Waals surface area contributed by atoms with Crippen LogP contribution in [0.2, 0.25) is 0 Å². The Balaban J connectivity index is 1.48. The van der Waals surface area contributed by atoms with Crippen LogP contribution in [-0.2, 0) is 38.1 Å². The minimum Gasteiger partial charge on any atom is -0.456 e. The van der Waals surface area contributed by atoms with Crippen LogP contribution in [0.3, 0.4) is 0 Å². The molecule has 58 heavy (non-hydrogen) atoms. The van der Waals surface area contributed by atoms with Crippen LogP contribution in [-0.4, -0.2) is 111 Å². The Morgan fingerprint density at radius 3 is 2.14 bits per heavy atom. The molecule has 2 saturated carbocycles.